The van der Waals surface area contributed by atoms with Gasteiger partial charge >= 0.3 is 0 Å². The van der Waals surface area contributed by atoms with Gasteiger partial charge in [-0.2, -0.15) is 3.84 Å². The number of benzene rings is 1. The maximum atomic E-state index is 8.65. The molecule has 0 aliphatic carbocycles. The lowest BCUT2D eigenvalue weighted by Crippen LogP contribution is -1.61. The first kappa shape index (κ1) is 10.4. The molecule has 0 bridgehead atoms. The molecule has 3 nitrogen and oxygen atoms in total. The van der Waals surface area contributed by atoms with E-state index in [0.29, 0.717) is 0 Å². The molecule has 0 saturated heterocycles. The molecule has 0 radical (unpaired) electrons. The second-order valence-corrected chi connectivity index (χ2v) is 2.04. The van der Waals surface area contributed by atoms with Crippen molar-refractivity contribution < 1.29 is 14.1 Å². The summed E-state index contributed by atoms with van der Waals surface area (Å²) >= 11 is 8.53. The molecule has 0 aliphatic rings. The van der Waals surface area contributed by atoms with Crippen LogP contribution in [0, 0.1) is 0 Å². The van der Waals surface area contributed by atoms with Gasteiger partial charge in [0.2, 0.25) is 0 Å². The molecule has 5 heteroatoms. The Labute approximate surface area is 74.1 Å². The number of hydrogen-bond donors (Lipinski definition) is 2. The summed E-state index contributed by atoms with van der Waals surface area (Å²) in [6.45, 7) is 0. The maximum Gasteiger partial charge on any atom is 0.115 e. The number of hydrogen-bond acceptors (Lipinski definition) is 3. The molecule has 0 saturated carbocycles. The lowest BCUT2D eigenvalue weighted by atomic mass is 10.3. The molecule has 1 aromatic rings. The van der Waals surface area contributed by atoms with Crippen LogP contribution in [0.1, 0.15) is 0 Å². The average molecular weight is 197 g/mol. The molecule has 0 heterocycles. The van der Waals surface area contributed by atoms with Crippen LogP contribution < -0.4 is 0 Å². The average Bonchev–Trinajstić information content (AvgIpc) is 1.97. The van der Waals surface area contributed by atoms with Gasteiger partial charge in [-0.3, -0.25) is 0 Å². The number of rotatable bonds is 0. The zero-order valence-electron chi connectivity index (χ0n) is 5.37. The molecule has 0 amide bonds. The summed E-state index contributed by atoms with van der Waals surface area (Å²) in [6.07, 6.45) is 0. The first-order valence-corrected chi connectivity index (χ1v) is 3.19. The Morgan fingerprint density at radius 2 is 1.09 bits per heavy atom. The number of halogens is 2. The minimum atomic E-state index is 0.169. The number of phenolic OH excluding ortho intramolecular Hbond substituents is 2. The largest absolute Gasteiger partial charge is 0.508 e. The smallest absolute Gasteiger partial charge is 0.115 e. The third-order valence-corrected chi connectivity index (χ3v) is 0.850. The quantitative estimate of drug-likeness (QED) is 0.627. The second kappa shape index (κ2) is 6.09. The first-order valence-electron chi connectivity index (χ1n) is 2.58. The van der Waals surface area contributed by atoms with E-state index in [4.69, 9.17) is 10.2 Å². The SMILES string of the molecule is ClOCl.Oc1ccc(O)cc1. The summed E-state index contributed by atoms with van der Waals surface area (Å²) in [6, 6.07) is 5.70. The van der Waals surface area contributed by atoms with Crippen LogP contribution in [0.2, 0.25) is 0 Å². The van der Waals surface area contributed by atoms with Crippen LogP contribution in [0.3, 0.4) is 0 Å². The van der Waals surface area contributed by atoms with Crippen molar-refractivity contribution in [1.82, 2.24) is 0 Å². The molecule has 0 fully saturated rings. The fourth-order valence-corrected chi connectivity index (χ4v) is 0.453. The second-order valence-electron chi connectivity index (χ2n) is 1.57. The van der Waals surface area contributed by atoms with E-state index < -0.39 is 0 Å². The van der Waals surface area contributed by atoms with Gasteiger partial charge in [-0.1, -0.05) is 0 Å². The van der Waals surface area contributed by atoms with E-state index in [-0.39, 0.29) is 11.5 Å². The van der Waals surface area contributed by atoms with Crippen molar-refractivity contribution >= 4 is 23.7 Å². The Morgan fingerprint density at radius 1 is 0.909 bits per heavy atom. The zero-order chi connectivity index (χ0) is 8.69. The summed E-state index contributed by atoms with van der Waals surface area (Å²) in [5, 5.41) is 17.3. The Hall–Kier alpha value is -0.640. The van der Waals surface area contributed by atoms with Crippen molar-refractivity contribution in [2.24, 2.45) is 0 Å². The van der Waals surface area contributed by atoms with Crippen LogP contribution in [0.4, 0.5) is 0 Å². The van der Waals surface area contributed by atoms with E-state index in [1.807, 2.05) is 0 Å². The molecule has 1 aromatic carbocycles. The van der Waals surface area contributed by atoms with Gasteiger partial charge in [-0.15, -0.1) is 0 Å². The fourth-order valence-electron chi connectivity index (χ4n) is 0.453. The van der Waals surface area contributed by atoms with Crippen LogP contribution in [-0.2, 0) is 3.84 Å². The Kier molecular flexibility index (Phi) is 5.74. The fraction of sp³-hybridized carbons (Fsp3) is 0. The summed E-state index contributed by atoms with van der Waals surface area (Å²) in [5.41, 5.74) is 0. The Balaban J connectivity index is 0.000000292. The van der Waals surface area contributed by atoms with Gasteiger partial charge in [0.1, 0.15) is 11.5 Å². The standard InChI is InChI=1S/C6H6O2.Cl2O/c7-5-1-2-6(8)4-3-5;1-3-2/h1-4,7-8H;. The Morgan fingerprint density at radius 3 is 1.27 bits per heavy atom. The van der Waals surface area contributed by atoms with E-state index >= 15 is 0 Å². The lowest BCUT2D eigenvalue weighted by molar-refractivity contribution is 0.460. The molecule has 2 N–H and O–H groups in total. The molecular weight excluding hydrogens is 191 g/mol. The van der Waals surface area contributed by atoms with Gasteiger partial charge in [0, 0.05) is 0 Å². The molecule has 0 aliphatic heterocycles. The monoisotopic (exact) mass is 196 g/mol. The molecule has 0 aromatic heterocycles. The third kappa shape index (κ3) is 5.79. The van der Waals surface area contributed by atoms with Gasteiger partial charge in [-0.25, -0.2) is 0 Å². The van der Waals surface area contributed by atoms with E-state index in [1.165, 1.54) is 24.3 Å². The molecular formula is C6H6Cl2O3. The first-order chi connectivity index (χ1) is 5.20. The predicted octanol–water partition coefficient (Wildman–Crippen LogP) is 2.41. The summed E-state index contributed by atoms with van der Waals surface area (Å²) in [5.74, 6) is 0.339. The predicted molar refractivity (Wildman–Crippen MR) is 42.6 cm³/mol. The number of aromatic hydroxyl groups is 2. The van der Waals surface area contributed by atoms with E-state index in [9.17, 15) is 0 Å². The van der Waals surface area contributed by atoms with Crippen molar-refractivity contribution in [2.45, 2.75) is 0 Å². The summed E-state index contributed by atoms with van der Waals surface area (Å²) in [4.78, 5) is 0. The van der Waals surface area contributed by atoms with Crippen molar-refractivity contribution in [3.05, 3.63) is 24.3 Å². The van der Waals surface area contributed by atoms with Crippen LogP contribution >= 0.6 is 23.7 Å². The van der Waals surface area contributed by atoms with Gasteiger partial charge in [0.25, 0.3) is 0 Å². The van der Waals surface area contributed by atoms with Crippen LogP contribution in [-0.4, -0.2) is 10.2 Å². The van der Waals surface area contributed by atoms with Crippen molar-refractivity contribution in [3.63, 3.8) is 0 Å². The van der Waals surface area contributed by atoms with Gasteiger partial charge in [0.15, 0.2) is 0 Å². The Bertz CT molecular complexity index is 167. The third-order valence-electron chi connectivity index (χ3n) is 0.850. The summed E-state index contributed by atoms with van der Waals surface area (Å²) < 4.78 is 3.19. The van der Waals surface area contributed by atoms with E-state index in [1.54, 1.807) is 0 Å². The maximum absolute atomic E-state index is 8.65. The highest BCUT2D eigenvalue weighted by molar-refractivity contribution is 6.24. The van der Waals surface area contributed by atoms with Crippen LogP contribution in [0.25, 0.3) is 0 Å². The zero-order valence-corrected chi connectivity index (χ0v) is 6.88. The minimum Gasteiger partial charge on any atom is -0.508 e. The van der Waals surface area contributed by atoms with Crippen molar-refractivity contribution in [3.8, 4) is 11.5 Å². The van der Waals surface area contributed by atoms with Gasteiger partial charge in [0.05, 0.1) is 23.7 Å². The van der Waals surface area contributed by atoms with E-state index in [2.05, 4.69) is 27.6 Å². The lowest BCUT2D eigenvalue weighted by Gasteiger charge is -1.88. The van der Waals surface area contributed by atoms with E-state index in [0.717, 1.165) is 0 Å². The molecule has 0 spiro atoms. The van der Waals surface area contributed by atoms with Gasteiger partial charge < -0.3 is 10.2 Å². The molecule has 0 atom stereocenters. The van der Waals surface area contributed by atoms with Crippen LogP contribution in [0.15, 0.2) is 24.3 Å². The molecule has 62 valence electrons. The molecule has 1 rings (SSSR count). The highest BCUT2D eigenvalue weighted by Gasteiger charge is 1.84. The van der Waals surface area contributed by atoms with Crippen molar-refractivity contribution in [1.29, 1.82) is 0 Å². The summed E-state index contributed by atoms with van der Waals surface area (Å²) in [7, 11) is 0. The van der Waals surface area contributed by atoms with Gasteiger partial charge in [-0.05, 0) is 24.3 Å². The van der Waals surface area contributed by atoms with Crippen LogP contribution in [0.5, 0.6) is 11.5 Å². The normalized spacial score (nSPS) is 8.18. The van der Waals surface area contributed by atoms with Crippen molar-refractivity contribution in [2.75, 3.05) is 0 Å². The molecule has 11 heavy (non-hydrogen) atoms. The minimum absolute atomic E-state index is 0.169. The molecule has 0 unspecified atom stereocenters. The topological polar surface area (TPSA) is 49.7 Å². The highest BCUT2D eigenvalue weighted by Crippen LogP contribution is 2.13. The number of phenols is 2. The highest BCUT2D eigenvalue weighted by atomic mass is 35.6.